The number of rotatable bonds is 4. The topological polar surface area (TPSA) is 79.7 Å². The molecule has 0 aliphatic rings. The molecule has 2 rings (SSSR count). The normalized spacial score (nSPS) is 10.2. The van der Waals surface area contributed by atoms with E-state index in [-0.39, 0.29) is 17.9 Å². The number of aryl methyl sites for hydroxylation is 1. The van der Waals surface area contributed by atoms with Crippen molar-refractivity contribution in [3.8, 4) is 11.5 Å². The minimum atomic E-state index is -1.09. The lowest BCUT2D eigenvalue weighted by atomic mass is 10.2. The van der Waals surface area contributed by atoms with Gasteiger partial charge in [-0.05, 0) is 24.6 Å². The number of aromatic nitrogens is 1. The molecular weight excluding hydrogens is 246 g/mol. The third-order valence-corrected chi connectivity index (χ3v) is 2.57. The summed E-state index contributed by atoms with van der Waals surface area (Å²) in [6, 6.07) is 8.34. The van der Waals surface area contributed by atoms with Crippen LogP contribution in [0, 0.1) is 6.92 Å². The van der Waals surface area contributed by atoms with Gasteiger partial charge in [0.2, 0.25) is 0 Å². The van der Waals surface area contributed by atoms with Gasteiger partial charge in [-0.15, -0.1) is 0 Å². The van der Waals surface area contributed by atoms with Crippen LogP contribution < -0.4 is 4.74 Å². The second-order valence-electron chi connectivity index (χ2n) is 4.03. The van der Waals surface area contributed by atoms with Crippen LogP contribution in [0.15, 0.2) is 36.5 Å². The number of pyridine rings is 1. The summed E-state index contributed by atoms with van der Waals surface area (Å²) in [4.78, 5) is 15.0. The molecule has 0 aliphatic heterocycles. The summed E-state index contributed by atoms with van der Waals surface area (Å²) in [5, 5.41) is 18.0. The van der Waals surface area contributed by atoms with Gasteiger partial charge < -0.3 is 14.9 Å². The highest BCUT2D eigenvalue weighted by molar-refractivity contribution is 5.90. The monoisotopic (exact) mass is 259 g/mol. The fourth-order valence-electron chi connectivity index (χ4n) is 1.57. The molecule has 0 saturated heterocycles. The van der Waals surface area contributed by atoms with Crippen molar-refractivity contribution < 1.29 is 19.7 Å². The van der Waals surface area contributed by atoms with E-state index in [4.69, 9.17) is 14.9 Å². The highest BCUT2D eigenvalue weighted by Gasteiger charge is 2.13. The lowest BCUT2D eigenvalue weighted by Crippen LogP contribution is -2.02. The molecule has 0 saturated carbocycles. The van der Waals surface area contributed by atoms with Crippen molar-refractivity contribution in [2.24, 2.45) is 0 Å². The molecule has 5 heteroatoms. The van der Waals surface area contributed by atoms with Crippen molar-refractivity contribution in [3.63, 3.8) is 0 Å². The van der Waals surface area contributed by atoms with Gasteiger partial charge in [-0.3, -0.25) is 4.98 Å². The first kappa shape index (κ1) is 13.0. The highest BCUT2D eigenvalue weighted by Crippen LogP contribution is 2.26. The van der Waals surface area contributed by atoms with Crippen LogP contribution in [0.2, 0.25) is 0 Å². The average Bonchev–Trinajstić information content (AvgIpc) is 2.39. The van der Waals surface area contributed by atoms with Crippen LogP contribution in [0.5, 0.6) is 11.5 Å². The Kier molecular flexibility index (Phi) is 3.77. The van der Waals surface area contributed by atoms with Crippen molar-refractivity contribution in [1.82, 2.24) is 4.98 Å². The molecule has 0 amide bonds. The molecule has 0 fully saturated rings. The van der Waals surface area contributed by atoms with E-state index in [1.54, 1.807) is 37.3 Å². The zero-order chi connectivity index (χ0) is 13.8. The molecule has 98 valence electrons. The number of aliphatic hydroxyl groups excluding tert-OH is 1. The smallest absolute Gasteiger partial charge is 0.341 e. The van der Waals surface area contributed by atoms with Crippen LogP contribution in [0.1, 0.15) is 21.6 Å². The van der Waals surface area contributed by atoms with Crippen molar-refractivity contribution in [1.29, 1.82) is 0 Å². The van der Waals surface area contributed by atoms with Gasteiger partial charge in [0.1, 0.15) is 17.1 Å². The molecule has 5 nitrogen and oxygen atoms in total. The molecule has 0 atom stereocenters. The first-order valence-electron chi connectivity index (χ1n) is 5.67. The molecule has 0 bridgehead atoms. The molecule has 0 radical (unpaired) electrons. The summed E-state index contributed by atoms with van der Waals surface area (Å²) >= 11 is 0. The first-order chi connectivity index (χ1) is 9.10. The van der Waals surface area contributed by atoms with Gasteiger partial charge in [0, 0.05) is 18.0 Å². The number of carboxylic acid groups (broad SMARTS) is 1. The molecular formula is C14H13NO4. The van der Waals surface area contributed by atoms with E-state index in [0.717, 1.165) is 5.56 Å². The number of ether oxygens (including phenoxy) is 1. The number of carboxylic acids is 1. The van der Waals surface area contributed by atoms with Crippen LogP contribution in [0.4, 0.5) is 0 Å². The molecule has 0 unspecified atom stereocenters. The fourth-order valence-corrected chi connectivity index (χ4v) is 1.57. The van der Waals surface area contributed by atoms with Gasteiger partial charge in [-0.25, -0.2) is 4.79 Å². The summed E-state index contributed by atoms with van der Waals surface area (Å²) in [5.74, 6) is -0.337. The van der Waals surface area contributed by atoms with E-state index in [0.29, 0.717) is 11.4 Å². The maximum absolute atomic E-state index is 11.1. The average molecular weight is 259 g/mol. The van der Waals surface area contributed by atoms with E-state index >= 15 is 0 Å². The standard InChI is InChI=1S/C14H13NO4/c1-9-6-13(12(7-15-9)14(17)18)19-11-4-2-10(8-16)3-5-11/h2-7,16H,8H2,1H3,(H,17,18). The van der Waals surface area contributed by atoms with Gasteiger partial charge in [-0.2, -0.15) is 0 Å². The molecule has 1 heterocycles. The molecule has 0 spiro atoms. The summed E-state index contributed by atoms with van der Waals surface area (Å²) in [7, 11) is 0. The molecule has 1 aromatic heterocycles. The van der Waals surface area contributed by atoms with Gasteiger partial charge in [0.15, 0.2) is 0 Å². The number of aromatic carboxylic acids is 1. The lowest BCUT2D eigenvalue weighted by Gasteiger charge is -2.09. The van der Waals surface area contributed by atoms with E-state index < -0.39 is 5.97 Å². The molecule has 0 aliphatic carbocycles. The predicted octanol–water partition coefficient (Wildman–Crippen LogP) is 2.37. The van der Waals surface area contributed by atoms with Crippen LogP contribution in [0.25, 0.3) is 0 Å². The molecule has 2 aromatic rings. The third-order valence-electron chi connectivity index (χ3n) is 2.57. The maximum atomic E-state index is 11.1. The van der Waals surface area contributed by atoms with Crippen LogP contribution in [-0.4, -0.2) is 21.2 Å². The number of hydrogen-bond acceptors (Lipinski definition) is 4. The Balaban J connectivity index is 2.31. The quantitative estimate of drug-likeness (QED) is 0.881. The van der Waals surface area contributed by atoms with Crippen molar-refractivity contribution in [3.05, 3.63) is 53.3 Å². The Morgan fingerprint density at radius 2 is 2.00 bits per heavy atom. The fraction of sp³-hybridized carbons (Fsp3) is 0.143. The zero-order valence-corrected chi connectivity index (χ0v) is 10.3. The number of benzene rings is 1. The van der Waals surface area contributed by atoms with E-state index in [1.165, 1.54) is 6.20 Å². The Morgan fingerprint density at radius 3 is 2.58 bits per heavy atom. The summed E-state index contributed by atoms with van der Waals surface area (Å²) < 4.78 is 5.55. The van der Waals surface area contributed by atoms with Crippen molar-refractivity contribution in [2.45, 2.75) is 13.5 Å². The second kappa shape index (κ2) is 5.49. The number of nitrogens with zero attached hydrogens (tertiary/aromatic N) is 1. The minimum absolute atomic E-state index is 0.0110. The van der Waals surface area contributed by atoms with Crippen molar-refractivity contribution >= 4 is 5.97 Å². The van der Waals surface area contributed by atoms with E-state index in [1.807, 2.05) is 0 Å². The summed E-state index contributed by atoms with van der Waals surface area (Å²) in [6.45, 7) is 1.71. The molecule has 1 aromatic carbocycles. The third kappa shape index (κ3) is 3.08. The number of aliphatic hydroxyl groups is 1. The summed E-state index contributed by atoms with van der Waals surface area (Å²) in [5.41, 5.74) is 1.44. The SMILES string of the molecule is Cc1cc(Oc2ccc(CO)cc2)c(C(=O)O)cn1. The van der Waals surface area contributed by atoms with Gasteiger partial charge in [0.25, 0.3) is 0 Å². The zero-order valence-electron chi connectivity index (χ0n) is 10.3. The van der Waals surface area contributed by atoms with Gasteiger partial charge >= 0.3 is 5.97 Å². The Bertz CT molecular complexity index is 593. The van der Waals surface area contributed by atoms with Gasteiger partial charge in [0.05, 0.1) is 6.61 Å². The lowest BCUT2D eigenvalue weighted by molar-refractivity contribution is 0.0693. The van der Waals surface area contributed by atoms with Crippen LogP contribution in [0.3, 0.4) is 0 Å². The van der Waals surface area contributed by atoms with Crippen molar-refractivity contribution in [2.75, 3.05) is 0 Å². The predicted molar refractivity (Wildman–Crippen MR) is 68.4 cm³/mol. The molecule has 19 heavy (non-hydrogen) atoms. The number of carbonyl (C=O) groups is 1. The van der Waals surface area contributed by atoms with E-state index in [2.05, 4.69) is 4.98 Å². The second-order valence-corrected chi connectivity index (χ2v) is 4.03. The Labute approximate surface area is 110 Å². The van der Waals surface area contributed by atoms with Crippen LogP contribution in [-0.2, 0) is 6.61 Å². The molecule has 2 N–H and O–H groups in total. The van der Waals surface area contributed by atoms with Crippen LogP contribution >= 0.6 is 0 Å². The van der Waals surface area contributed by atoms with Gasteiger partial charge in [-0.1, -0.05) is 12.1 Å². The Morgan fingerprint density at radius 1 is 1.32 bits per heavy atom. The Hall–Kier alpha value is -2.40. The maximum Gasteiger partial charge on any atom is 0.341 e. The minimum Gasteiger partial charge on any atom is -0.477 e. The summed E-state index contributed by atoms with van der Waals surface area (Å²) in [6.07, 6.45) is 1.27. The first-order valence-corrected chi connectivity index (χ1v) is 5.67. The number of hydrogen-bond donors (Lipinski definition) is 2. The highest BCUT2D eigenvalue weighted by atomic mass is 16.5. The largest absolute Gasteiger partial charge is 0.477 e. The van der Waals surface area contributed by atoms with E-state index in [9.17, 15) is 4.79 Å².